The molecular formula is C11H16N2O3S. The number of pyridine rings is 1. The van der Waals surface area contributed by atoms with Crippen LogP contribution in [0.3, 0.4) is 0 Å². The van der Waals surface area contributed by atoms with E-state index >= 15 is 0 Å². The zero-order valence-corrected chi connectivity index (χ0v) is 10.6. The number of nitrogens with one attached hydrogen (secondary N) is 1. The van der Waals surface area contributed by atoms with Crippen LogP contribution in [0.2, 0.25) is 0 Å². The van der Waals surface area contributed by atoms with Gasteiger partial charge in [-0.05, 0) is 25.3 Å². The maximum Gasteiger partial charge on any atom is 0.354 e. The molecule has 0 fully saturated rings. The Hall–Kier alpha value is -1.27. The zero-order valence-electron chi connectivity index (χ0n) is 9.80. The van der Waals surface area contributed by atoms with E-state index in [2.05, 4.69) is 10.3 Å². The van der Waals surface area contributed by atoms with Crippen LogP contribution in [0.5, 0.6) is 0 Å². The van der Waals surface area contributed by atoms with Gasteiger partial charge < -0.3 is 15.5 Å². The van der Waals surface area contributed by atoms with Crippen molar-refractivity contribution in [3.8, 4) is 0 Å². The highest BCUT2D eigenvalue weighted by atomic mass is 32.2. The Kier molecular flexibility index (Phi) is 4.77. The molecule has 6 heteroatoms. The van der Waals surface area contributed by atoms with Crippen LogP contribution < -0.4 is 5.32 Å². The monoisotopic (exact) mass is 256 g/mol. The van der Waals surface area contributed by atoms with Crippen LogP contribution in [0.1, 0.15) is 17.4 Å². The second kappa shape index (κ2) is 5.88. The Labute approximate surface area is 104 Å². The maximum atomic E-state index is 10.7. The molecule has 1 rings (SSSR count). The van der Waals surface area contributed by atoms with E-state index < -0.39 is 11.6 Å². The van der Waals surface area contributed by atoms with Crippen molar-refractivity contribution in [3.63, 3.8) is 0 Å². The lowest BCUT2D eigenvalue weighted by molar-refractivity contribution is 0.0690. The Morgan fingerprint density at radius 3 is 2.88 bits per heavy atom. The molecule has 0 amide bonds. The molecule has 0 saturated carbocycles. The second-order valence-corrected chi connectivity index (χ2v) is 4.86. The minimum Gasteiger partial charge on any atom is -0.477 e. The van der Waals surface area contributed by atoms with Gasteiger partial charge >= 0.3 is 5.97 Å². The summed E-state index contributed by atoms with van der Waals surface area (Å²) in [6.07, 6.45) is 1.91. The average Bonchev–Trinajstić information content (AvgIpc) is 2.27. The van der Waals surface area contributed by atoms with Gasteiger partial charge in [0.25, 0.3) is 0 Å². The molecule has 1 aromatic rings. The third-order valence-electron chi connectivity index (χ3n) is 2.07. The molecule has 17 heavy (non-hydrogen) atoms. The van der Waals surface area contributed by atoms with Crippen molar-refractivity contribution in [1.29, 1.82) is 0 Å². The van der Waals surface area contributed by atoms with E-state index in [-0.39, 0.29) is 5.69 Å². The van der Waals surface area contributed by atoms with Crippen LogP contribution in [0.25, 0.3) is 0 Å². The summed E-state index contributed by atoms with van der Waals surface area (Å²) in [5.41, 5.74) is -0.861. The van der Waals surface area contributed by atoms with E-state index in [4.69, 9.17) is 5.11 Å². The number of carboxylic acids is 1. The topological polar surface area (TPSA) is 82.5 Å². The fourth-order valence-corrected chi connectivity index (χ4v) is 2.02. The summed E-state index contributed by atoms with van der Waals surface area (Å²) in [4.78, 5) is 14.6. The van der Waals surface area contributed by atoms with E-state index in [0.29, 0.717) is 18.1 Å². The molecule has 0 aliphatic carbocycles. The van der Waals surface area contributed by atoms with E-state index in [1.54, 1.807) is 30.8 Å². The normalized spacial score (nSPS) is 14.1. The third-order valence-corrected chi connectivity index (χ3v) is 2.98. The van der Waals surface area contributed by atoms with Crippen molar-refractivity contribution in [2.24, 2.45) is 0 Å². The van der Waals surface area contributed by atoms with E-state index in [0.717, 1.165) is 0 Å². The summed E-state index contributed by atoms with van der Waals surface area (Å²) in [6.45, 7) is 2.04. The number of carboxylic acid groups (broad SMARTS) is 1. The molecular weight excluding hydrogens is 240 g/mol. The van der Waals surface area contributed by atoms with Gasteiger partial charge in [-0.15, -0.1) is 0 Å². The van der Waals surface area contributed by atoms with E-state index in [9.17, 15) is 9.90 Å². The summed E-state index contributed by atoms with van der Waals surface area (Å²) in [7, 11) is 0. The van der Waals surface area contributed by atoms with Gasteiger partial charge in [-0.3, -0.25) is 0 Å². The first-order chi connectivity index (χ1) is 7.94. The number of aliphatic hydroxyl groups is 1. The fourth-order valence-electron chi connectivity index (χ4n) is 1.30. The van der Waals surface area contributed by atoms with Gasteiger partial charge in [-0.2, -0.15) is 11.8 Å². The van der Waals surface area contributed by atoms with Gasteiger partial charge in [0.05, 0.1) is 5.60 Å². The van der Waals surface area contributed by atoms with Crippen LogP contribution in [-0.2, 0) is 0 Å². The zero-order chi connectivity index (χ0) is 12.9. The molecule has 94 valence electrons. The molecule has 0 radical (unpaired) electrons. The molecule has 0 bridgehead atoms. The Morgan fingerprint density at radius 1 is 1.59 bits per heavy atom. The summed E-state index contributed by atoms with van der Waals surface area (Å²) in [5.74, 6) is -0.0191. The Balaban J connectivity index is 2.63. The van der Waals surface area contributed by atoms with Crippen LogP contribution in [0, 0.1) is 0 Å². The van der Waals surface area contributed by atoms with Crippen molar-refractivity contribution in [3.05, 3.63) is 23.9 Å². The first-order valence-corrected chi connectivity index (χ1v) is 6.49. The minimum absolute atomic E-state index is 0.0143. The highest BCUT2D eigenvalue weighted by Gasteiger charge is 2.19. The predicted octanol–water partition coefficient (Wildman–Crippen LogP) is 1.31. The Bertz CT molecular complexity index is 396. The molecule has 1 heterocycles. The van der Waals surface area contributed by atoms with Crippen molar-refractivity contribution in [1.82, 2.24) is 4.98 Å². The number of carbonyl (C=O) groups is 1. The van der Waals surface area contributed by atoms with Crippen LogP contribution in [0.4, 0.5) is 5.82 Å². The smallest absolute Gasteiger partial charge is 0.354 e. The molecule has 5 nitrogen and oxygen atoms in total. The molecule has 0 saturated heterocycles. The van der Waals surface area contributed by atoms with Crippen molar-refractivity contribution < 1.29 is 15.0 Å². The lowest BCUT2D eigenvalue weighted by atomic mass is 10.1. The fraction of sp³-hybridized carbons (Fsp3) is 0.455. The summed E-state index contributed by atoms with van der Waals surface area (Å²) < 4.78 is 0. The number of hydrogen-bond acceptors (Lipinski definition) is 5. The van der Waals surface area contributed by atoms with Crippen LogP contribution >= 0.6 is 11.8 Å². The molecule has 1 aromatic heterocycles. The molecule has 3 N–H and O–H groups in total. The summed E-state index contributed by atoms with van der Waals surface area (Å²) >= 11 is 1.55. The standard InChI is InChI=1S/C11H16N2O3S/c1-11(16,7-17-2)6-12-9-5-3-4-8(13-9)10(14)15/h3-5,16H,6-7H2,1-2H3,(H,12,13)(H,14,15). The third kappa shape index (κ3) is 4.62. The average molecular weight is 256 g/mol. The number of nitrogens with zero attached hydrogens (tertiary/aromatic N) is 1. The largest absolute Gasteiger partial charge is 0.477 e. The number of anilines is 1. The summed E-state index contributed by atoms with van der Waals surface area (Å²) in [5, 5.41) is 21.6. The lowest BCUT2D eigenvalue weighted by Gasteiger charge is -2.22. The minimum atomic E-state index is -1.07. The van der Waals surface area contributed by atoms with Gasteiger partial charge in [0, 0.05) is 12.3 Å². The van der Waals surface area contributed by atoms with Crippen LogP contribution in [0.15, 0.2) is 18.2 Å². The number of rotatable bonds is 6. The SMILES string of the molecule is CSCC(C)(O)CNc1cccc(C(=O)O)n1. The van der Waals surface area contributed by atoms with Crippen molar-refractivity contribution >= 4 is 23.5 Å². The number of aromatic carboxylic acids is 1. The maximum absolute atomic E-state index is 10.7. The predicted molar refractivity (Wildman–Crippen MR) is 68.7 cm³/mol. The second-order valence-electron chi connectivity index (χ2n) is 4.00. The molecule has 1 atom stereocenters. The van der Waals surface area contributed by atoms with E-state index in [1.807, 2.05) is 6.26 Å². The van der Waals surface area contributed by atoms with Crippen molar-refractivity contribution in [2.45, 2.75) is 12.5 Å². The van der Waals surface area contributed by atoms with E-state index in [1.165, 1.54) is 6.07 Å². The lowest BCUT2D eigenvalue weighted by Crippen LogP contribution is -2.36. The van der Waals surface area contributed by atoms with Gasteiger partial charge in [0.2, 0.25) is 0 Å². The van der Waals surface area contributed by atoms with Gasteiger partial charge in [0.1, 0.15) is 5.82 Å². The van der Waals surface area contributed by atoms with Gasteiger partial charge in [-0.1, -0.05) is 6.07 Å². The first-order valence-electron chi connectivity index (χ1n) is 5.10. The number of thioether (sulfide) groups is 1. The highest BCUT2D eigenvalue weighted by Crippen LogP contribution is 2.12. The molecule has 0 aliphatic heterocycles. The Morgan fingerprint density at radius 2 is 2.29 bits per heavy atom. The first kappa shape index (κ1) is 13.8. The van der Waals surface area contributed by atoms with Gasteiger partial charge in [-0.25, -0.2) is 9.78 Å². The van der Waals surface area contributed by atoms with Crippen molar-refractivity contribution in [2.75, 3.05) is 23.9 Å². The number of aromatic nitrogens is 1. The molecule has 0 spiro atoms. The molecule has 0 aromatic carbocycles. The van der Waals surface area contributed by atoms with Crippen LogP contribution in [-0.4, -0.2) is 45.3 Å². The quantitative estimate of drug-likeness (QED) is 0.712. The molecule has 0 aliphatic rings. The highest BCUT2D eigenvalue weighted by molar-refractivity contribution is 7.98. The number of hydrogen-bond donors (Lipinski definition) is 3. The molecule has 1 unspecified atom stereocenters. The van der Waals surface area contributed by atoms with Gasteiger partial charge in [0.15, 0.2) is 5.69 Å². The summed E-state index contributed by atoms with van der Waals surface area (Å²) in [6, 6.07) is 4.71.